The van der Waals surface area contributed by atoms with E-state index >= 15 is 0 Å². The summed E-state index contributed by atoms with van der Waals surface area (Å²) in [6.07, 6.45) is 4.30. The van der Waals surface area contributed by atoms with Gasteiger partial charge in [0.25, 0.3) is 0 Å². The largest absolute Gasteiger partial charge is 0.383 e. The Kier molecular flexibility index (Phi) is 8.48. The maximum absolute atomic E-state index is 13.8. The summed E-state index contributed by atoms with van der Waals surface area (Å²) in [5.74, 6) is 0.251. The zero-order valence-electron chi connectivity index (χ0n) is 24.6. The zero-order chi connectivity index (χ0) is 29.3. The number of imidazole rings is 1. The molecule has 40 heavy (non-hydrogen) atoms. The van der Waals surface area contributed by atoms with E-state index in [0.29, 0.717) is 6.54 Å². The van der Waals surface area contributed by atoms with Gasteiger partial charge in [0.15, 0.2) is 0 Å². The predicted octanol–water partition coefficient (Wildman–Crippen LogP) is 6.13. The molecule has 0 saturated heterocycles. The molecule has 3 N–H and O–H groups in total. The van der Waals surface area contributed by atoms with Crippen molar-refractivity contribution < 1.29 is 14.3 Å². The minimum absolute atomic E-state index is 0.0674. The first kappa shape index (κ1) is 29.8. The van der Waals surface area contributed by atoms with Crippen molar-refractivity contribution in [2.45, 2.75) is 65.8 Å². The van der Waals surface area contributed by atoms with Gasteiger partial charge in [0.2, 0.25) is 11.8 Å². The fraction of sp³-hybridized carbons (Fsp3) is 0.469. The number of methoxy groups -OCH3 is 1. The van der Waals surface area contributed by atoms with Gasteiger partial charge >= 0.3 is 0 Å². The van der Waals surface area contributed by atoms with Crippen molar-refractivity contribution >= 4 is 46.1 Å². The molecule has 2 atom stereocenters. The van der Waals surface area contributed by atoms with Crippen molar-refractivity contribution in [3.8, 4) is 0 Å². The standard InChI is InChI=1S/C32H41ClN4O3/c1-8-34-28(38)27(30(2,3)4)37-29(39)32(6,19-40-7)20-13-14-24-25(17-20)36-26(35-24)18-22(31(5)15-16-31)21-11-9-10-12-23(21)33/h9-14,17-18,27H,8,15-16,19H2,1-7H3,(H,34,38)(H,35,36)(H,37,39)/b22-18-. The van der Waals surface area contributed by atoms with Crippen molar-refractivity contribution in [3.05, 3.63) is 64.4 Å². The van der Waals surface area contributed by atoms with E-state index in [1.54, 1.807) is 7.11 Å². The maximum atomic E-state index is 13.8. The first-order chi connectivity index (χ1) is 18.8. The summed E-state index contributed by atoms with van der Waals surface area (Å²) in [5.41, 5.74) is 3.12. The molecule has 1 fully saturated rings. The van der Waals surface area contributed by atoms with Crippen LogP contribution in [0.2, 0.25) is 5.02 Å². The predicted molar refractivity (Wildman–Crippen MR) is 162 cm³/mol. The van der Waals surface area contributed by atoms with E-state index in [-0.39, 0.29) is 23.8 Å². The molecule has 1 heterocycles. The third kappa shape index (κ3) is 6.11. The lowest BCUT2D eigenvalue weighted by atomic mass is 9.80. The molecule has 0 spiro atoms. The monoisotopic (exact) mass is 564 g/mol. The molecule has 0 radical (unpaired) electrons. The summed E-state index contributed by atoms with van der Waals surface area (Å²) in [6.45, 7) is 12.4. The number of carbonyl (C=O) groups is 2. The van der Waals surface area contributed by atoms with Crippen molar-refractivity contribution in [1.29, 1.82) is 0 Å². The Bertz CT molecular complexity index is 1430. The summed E-state index contributed by atoms with van der Waals surface area (Å²) < 4.78 is 5.52. The molecule has 1 aliphatic carbocycles. The lowest BCUT2D eigenvalue weighted by Gasteiger charge is -2.35. The number of aromatic amines is 1. The molecule has 1 saturated carbocycles. The number of halogens is 1. The number of likely N-dealkylation sites (N-methyl/N-ethyl adjacent to an activating group) is 1. The third-order valence-electron chi connectivity index (χ3n) is 7.92. The Hall–Kier alpha value is -3.16. The van der Waals surface area contributed by atoms with Crippen LogP contribution in [-0.2, 0) is 19.7 Å². The lowest BCUT2D eigenvalue weighted by Crippen LogP contribution is -2.58. The number of hydrogen-bond donors (Lipinski definition) is 3. The van der Waals surface area contributed by atoms with Gasteiger partial charge < -0.3 is 20.4 Å². The Morgan fingerprint density at radius 3 is 2.48 bits per heavy atom. The minimum atomic E-state index is -1.04. The number of carbonyl (C=O) groups excluding carboxylic acids is 2. The highest BCUT2D eigenvalue weighted by Crippen LogP contribution is 2.56. The number of benzene rings is 2. The summed E-state index contributed by atoms with van der Waals surface area (Å²) >= 11 is 6.58. The summed E-state index contributed by atoms with van der Waals surface area (Å²) in [7, 11) is 1.57. The highest BCUT2D eigenvalue weighted by Gasteiger charge is 2.43. The molecular weight excluding hydrogens is 524 g/mol. The van der Waals surface area contributed by atoms with E-state index in [0.717, 1.165) is 45.8 Å². The normalized spacial score (nSPS) is 17.2. The number of nitrogens with zero attached hydrogens (tertiary/aromatic N) is 1. The number of rotatable bonds is 10. The lowest BCUT2D eigenvalue weighted by molar-refractivity contribution is -0.135. The molecular formula is C32H41ClN4O3. The number of allylic oxidation sites excluding steroid dienone is 1. The van der Waals surface area contributed by atoms with Crippen LogP contribution in [0.3, 0.4) is 0 Å². The van der Waals surface area contributed by atoms with Gasteiger partial charge in [0.05, 0.1) is 23.1 Å². The van der Waals surface area contributed by atoms with E-state index in [1.165, 1.54) is 5.57 Å². The average molecular weight is 565 g/mol. The molecule has 1 aliphatic rings. The van der Waals surface area contributed by atoms with E-state index in [2.05, 4.69) is 34.7 Å². The second-order valence-electron chi connectivity index (χ2n) is 12.4. The number of aromatic nitrogens is 2. The highest BCUT2D eigenvalue weighted by molar-refractivity contribution is 6.32. The van der Waals surface area contributed by atoms with Crippen molar-refractivity contribution in [3.63, 3.8) is 0 Å². The first-order valence-electron chi connectivity index (χ1n) is 13.9. The van der Waals surface area contributed by atoms with E-state index in [9.17, 15) is 9.59 Å². The van der Waals surface area contributed by atoms with Crippen LogP contribution in [0.15, 0.2) is 42.5 Å². The van der Waals surface area contributed by atoms with Crippen LogP contribution in [0.25, 0.3) is 22.7 Å². The molecule has 4 rings (SSSR count). The fourth-order valence-electron chi connectivity index (χ4n) is 5.10. The Morgan fingerprint density at radius 1 is 1.18 bits per heavy atom. The molecule has 1 aromatic heterocycles. The number of hydrogen-bond acceptors (Lipinski definition) is 4. The summed E-state index contributed by atoms with van der Waals surface area (Å²) in [5, 5.41) is 6.58. The number of amides is 2. The molecule has 8 heteroatoms. The summed E-state index contributed by atoms with van der Waals surface area (Å²) in [6, 6.07) is 13.0. The van der Waals surface area contributed by atoms with Crippen LogP contribution in [0.5, 0.6) is 0 Å². The molecule has 2 aromatic carbocycles. The van der Waals surface area contributed by atoms with Crippen LogP contribution in [-0.4, -0.2) is 48.1 Å². The van der Waals surface area contributed by atoms with Crippen LogP contribution in [0.1, 0.15) is 71.3 Å². The van der Waals surface area contributed by atoms with Crippen LogP contribution >= 0.6 is 11.6 Å². The fourth-order valence-corrected chi connectivity index (χ4v) is 5.34. The summed E-state index contributed by atoms with van der Waals surface area (Å²) in [4.78, 5) is 34.9. The second-order valence-corrected chi connectivity index (χ2v) is 12.8. The van der Waals surface area contributed by atoms with Gasteiger partial charge in [-0.15, -0.1) is 0 Å². The van der Waals surface area contributed by atoms with E-state index in [4.69, 9.17) is 21.3 Å². The van der Waals surface area contributed by atoms with Crippen molar-refractivity contribution in [2.75, 3.05) is 20.3 Å². The molecule has 0 bridgehead atoms. The quantitative estimate of drug-likeness (QED) is 0.276. The van der Waals surface area contributed by atoms with Gasteiger partial charge in [-0.05, 0) is 78.5 Å². The number of H-pyrrole nitrogens is 1. The van der Waals surface area contributed by atoms with Gasteiger partial charge in [0, 0.05) is 18.7 Å². The smallest absolute Gasteiger partial charge is 0.243 e. The number of nitrogens with one attached hydrogen (secondary N) is 3. The molecule has 2 amide bonds. The van der Waals surface area contributed by atoms with Gasteiger partial charge in [0.1, 0.15) is 11.9 Å². The Balaban J connectivity index is 1.70. The van der Waals surface area contributed by atoms with Gasteiger partial charge in [-0.25, -0.2) is 4.98 Å². The number of ether oxygens (including phenoxy) is 1. The highest BCUT2D eigenvalue weighted by atomic mass is 35.5. The molecule has 3 aromatic rings. The van der Waals surface area contributed by atoms with Gasteiger partial charge in [-0.1, -0.05) is 63.6 Å². The topological polar surface area (TPSA) is 96.1 Å². The van der Waals surface area contributed by atoms with Gasteiger partial charge in [-0.2, -0.15) is 0 Å². The first-order valence-corrected chi connectivity index (χ1v) is 14.2. The van der Waals surface area contributed by atoms with E-state index < -0.39 is 16.9 Å². The van der Waals surface area contributed by atoms with Crippen molar-refractivity contribution in [1.82, 2.24) is 20.6 Å². The minimum Gasteiger partial charge on any atom is -0.383 e. The van der Waals surface area contributed by atoms with Crippen LogP contribution in [0.4, 0.5) is 0 Å². The van der Waals surface area contributed by atoms with E-state index in [1.807, 2.05) is 71.0 Å². The zero-order valence-corrected chi connectivity index (χ0v) is 25.3. The SMILES string of the molecule is CCNC(=O)C(NC(=O)C(C)(COC)c1ccc2nc(/C=C(/c3ccccc3Cl)C3(C)CC3)[nH]c2c1)C(C)(C)C. The molecule has 0 aliphatic heterocycles. The third-order valence-corrected chi connectivity index (χ3v) is 8.25. The molecule has 214 valence electrons. The van der Waals surface area contributed by atoms with Crippen molar-refractivity contribution in [2.24, 2.45) is 10.8 Å². The van der Waals surface area contributed by atoms with Crippen LogP contribution < -0.4 is 10.6 Å². The average Bonchev–Trinajstić information content (AvgIpc) is 3.50. The Morgan fingerprint density at radius 2 is 1.88 bits per heavy atom. The molecule has 2 unspecified atom stereocenters. The maximum Gasteiger partial charge on any atom is 0.243 e. The number of fused-ring (bicyclic) bond motifs is 1. The van der Waals surface area contributed by atoms with Crippen LogP contribution in [0, 0.1) is 10.8 Å². The Labute approximate surface area is 242 Å². The second kappa shape index (κ2) is 11.4. The van der Waals surface area contributed by atoms with Gasteiger partial charge in [-0.3, -0.25) is 9.59 Å². The molecule has 7 nitrogen and oxygen atoms in total.